The predicted molar refractivity (Wildman–Crippen MR) is 72.2 cm³/mol. The van der Waals surface area contributed by atoms with Crippen LogP contribution in [0, 0.1) is 5.92 Å². The first-order valence-electron chi connectivity index (χ1n) is 7.51. The molecule has 0 aromatic carbocycles. The van der Waals surface area contributed by atoms with Crippen LogP contribution in [-0.2, 0) is 0 Å². The van der Waals surface area contributed by atoms with Crippen molar-refractivity contribution >= 4 is 0 Å². The van der Waals surface area contributed by atoms with E-state index in [0.29, 0.717) is 19.6 Å². The van der Waals surface area contributed by atoms with Gasteiger partial charge in [0.15, 0.2) is 0 Å². The fraction of sp³-hybridized carbons (Fsp3) is 1.00. The summed E-state index contributed by atoms with van der Waals surface area (Å²) < 4.78 is 37.1. The maximum atomic E-state index is 12.4. The van der Waals surface area contributed by atoms with Crippen molar-refractivity contribution in [3.8, 4) is 0 Å². The Morgan fingerprint density at radius 2 is 1.79 bits per heavy atom. The average molecular weight is 280 g/mol. The van der Waals surface area contributed by atoms with Crippen molar-refractivity contribution < 1.29 is 13.2 Å². The van der Waals surface area contributed by atoms with Crippen molar-refractivity contribution in [3.63, 3.8) is 0 Å². The quantitative estimate of drug-likeness (QED) is 0.685. The standard InChI is InChI=1S/C14H27F3N2/c1-2-9-19(12-14(15,16)17)10-8-18-11-13-6-4-3-5-7-13/h13,18H,2-12H2,1H3. The molecule has 0 heterocycles. The summed E-state index contributed by atoms with van der Waals surface area (Å²) in [4.78, 5) is 1.49. The second-order valence-corrected chi connectivity index (χ2v) is 5.60. The summed E-state index contributed by atoms with van der Waals surface area (Å²) in [5.41, 5.74) is 0. The molecule has 1 aliphatic rings. The Balaban J connectivity index is 2.13. The summed E-state index contributed by atoms with van der Waals surface area (Å²) in [7, 11) is 0. The van der Waals surface area contributed by atoms with Gasteiger partial charge < -0.3 is 5.32 Å². The molecule has 0 unspecified atom stereocenters. The summed E-state index contributed by atoms with van der Waals surface area (Å²) >= 11 is 0. The topological polar surface area (TPSA) is 15.3 Å². The average Bonchev–Trinajstić information content (AvgIpc) is 2.34. The van der Waals surface area contributed by atoms with Crippen LogP contribution in [0.4, 0.5) is 13.2 Å². The Labute approximate surface area is 114 Å². The van der Waals surface area contributed by atoms with Crippen LogP contribution in [0.25, 0.3) is 0 Å². The minimum Gasteiger partial charge on any atom is -0.315 e. The number of hydrogen-bond donors (Lipinski definition) is 1. The molecule has 0 atom stereocenters. The Kier molecular flexibility index (Phi) is 7.76. The van der Waals surface area contributed by atoms with Crippen molar-refractivity contribution in [1.82, 2.24) is 10.2 Å². The summed E-state index contributed by atoms with van der Waals surface area (Å²) in [6.07, 6.45) is 3.18. The van der Waals surface area contributed by atoms with E-state index in [9.17, 15) is 13.2 Å². The highest BCUT2D eigenvalue weighted by Crippen LogP contribution is 2.22. The van der Waals surface area contributed by atoms with Crippen molar-refractivity contribution in [1.29, 1.82) is 0 Å². The van der Waals surface area contributed by atoms with Gasteiger partial charge in [-0.1, -0.05) is 26.2 Å². The zero-order valence-corrected chi connectivity index (χ0v) is 11.9. The lowest BCUT2D eigenvalue weighted by Crippen LogP contribution is -2.40. The maximum Gasteiger partial charge on any atom is 0.401 e. The molecule has 1 N–H and O–H groups in total. The normalized spacial score (nSPS) is 18.2. The van der Waals surface area contributed by atoms with E-state index in [4.69, 9.17) is 0 Å². The molecule has 0 radical (unpaired) electrons. The third-order valence-corrected chi connectivity index (χ3v) is 3.71. The first-order valence-corrected chi connectivity index (χ1v) is 7.51. The zero-order chi connectivity index (χ0) is 14.1. The molecular formula is C14H27F3N2. The van der Waals surface area contributed by atoms with E-state index in [-0.39, 0.29) is 0 Å². The minimum absolute atomic E-state index is 0.486. The molecule has 0 aliphatic heterocycles. The largest absolute Gasteiger partial charge is 0.401 e. The summed E-state index contributed by atoms with van der Waals surface area (Å²) in [6, 6.07) is 0. The lowest BCUT2D eigenvalue weighted by atomic mass is 9.89. The van der Waals surface area contributed by atoms with Gasteiger partial charge in [-0.2, -0.15) is 13.2 Å². The minimum atomic E-state index is -4.08. The van der Waals surface area contributed by atoms with Gasteiger partial charge in [-0.25, -0.2) is 0 Å². The SMILES string of the molecule is CCCN(CCNCC1CCCCC1)CC(F)(F)F. The van der Waals surface area contributed by atoms with E-state index in [1.807, 2.05) is 6.92 Å². The third-order valence-electron chi connectivity index (χ3n) is 3.71. The Morgan fingerprint density at radius 1 is 1.11 bits per heavy atom. The maximum absolute atomic E-state index is 12.4. The number of nitrogens with one attached hydrogen (secondary N) is 1. The highest BCUT2D eigenvalue weighted by Gasteiger charge is 2.30. The molecule has 19 heavy (non-hydrogen) atoms. The molecule has 1 rings (SSSR count). The monoisotopic (exact) mass is 280 g/mol. The number of alkyl halides is 3. The fourth-order valence-corrected chi connectivity index (χ4v) is 2.77. The van der Waals surface area contributed by atoms with Crippen molar-refractivity contribution in [2.24, 2.45) is 5.92 Å². The lowest BCUT2D eigenvalue weighted by molar-refractivity contribution is -0.145. The zero-order valence-electron chi connectivity index (χ0n) is 11.9. The van der Waals surface area contributed by atoms with E-state index >= 15 is 0 Å². The predicted octanol–water partition coefficient (Wildman–Crippen LogP) is 3.43. The van der Waals surface area contributed by atoms with Gasteiger partial charge in [-0.15, -0.1) is 0 Å². The number of hydrogen-bond acceptors (Lipinski definition) is 2. The molecule has 1 saturated carbocycles. The Bertz CT molecular complexity index is 225. The van der Waals surface area contributed by atoms with Gasteiger partial charge in [0.2, 0.25) is 0 Å². The van der Waals surface area contributed by atoms with Gasteiger partial charge in [-0.3, -0.25) is 4.90 Å². The van der Waals surface area contributed by atoms with Crippen LogP contribution in [-0.4, -0.2) is 43.8 Å². The summed E-state index contributed by atoms with van der Waals surface area (Å²) in [6.45, 7) is 3.76. The van der Waals surface area contributed by atoms with Crippen LogP contribution in [0.3, 0.4) is 0 Å². The summed E-state index contributed by atoms with van der Waals surface area (Å²) in [5, 5.41) is 3.32. The summed E-state index contributed by atoms with van der Waals surface area (Å²) in [5.74, 6) is 0.732. The van der Waals surface area contributed by atoms with Gasteiger partial charge in [0.1, 0.15) is 0 Å². The van der Waals surface area contributed by atoms with E-state index in [1.165, 1.54) is 37.0 Å². The molecule has 114 valence electrons. The third kappa shape index (κ3) is 8.47. The van der Waals surface area contributed by atoms with Gasteiger partial charge >= 0.3 is 6.18 Å². The van der Waals surface area contributed by atoms with Gasteiger partial charge in [0.25, 0.3) is 0 Å². The van der Waals surface area contributed by atoms with Gasteiger partial charge in [0.05, 0.1) is 6.54 Å². The van der Waals surface area contributed by atoms with Crippen LogP contribution in [0.5, 0.6) is 0 Å². The molecule has 5 heteroatoms. The fourth-order valence-electron chi connectivity index (χ4n) is 2.77. The highest BCUT2D eigenvalue weighted by atomic mass is 19.4. The molecule has 2 nitrogen and oxygen atoms in total. The Morgan fingerprint density at radius 3 is 2.37 bits per heavy atom. The van der Waals surface area contributed by atoms with Gasteiger partial charge in [0, 0.05) is 13.1 Å². The molecule has 0 aromatic heterocycles. The second kappa shape index (κ2) is 8.80. The number of nitrogens with zero attached hydrogens (tertiary/aromatic N) is 1. The van der Waals surface area contributed by atoms with Crippen molar-refractivity contribution in [2.75, 3.05) is 32.7 Å². The van der Waals surface area contributed by atoms with Gasteiger partial charge in [-0.05, 0) is 38.3 Å². The van der Waals surface area contributed by atoms with Crippen molar-refractivity contribution in [3.05, 3.63) is 0 Å². The molecular weight excluding hydrogens is 253 g/mol. The molecule has 0 saturated heterocycles. The molecule has 1 fully saturated rings. The molecule has 1 aliphatic carbocycles. The van der Waals surface area contributed by atoms with E-state index in [1.54, 1.807) is 0 Å². The number of halogens is 3. The molecule has 0 bridgehead atoms. The second-order valence-electron chi connectivity index (χ2n) is 5.60. The smallest absolute Gasteiger partial charge is 0.315 e. The van der Waals surface area contributed by atoms with Crippen LogP contribution < -0.4 is 5.32 Å². The van der Waals surface area contributed by atoms with E-state index in [2.05, 4.69) is 5.32 Å². The molecule has 0 spiro atoms. The van der Waals surface area contributed by atoms with Crippen LogP contribution >= 0.6 is 0 Å². The Hall–Kier alpha value is -0.290. The first kappa shape index (κ1) is 16.8. The molecule has 0 amide bonds. The van der Waals surface area contributed by atoms with Crippen molar-refractivity contribution in [2.45, 2.75) is 51.6 Å². The first-order chi connectivity index (χ1) is 9.01. The van der Waals surface area contributed by atoms with E-state index < -0.39 is 12.7 Å². The van der Waals surface area contributed by atoms with E-state index in [0.717, 1.165) is 18.9 Å². The van der Waals surface area contributed by atoms with Crippen LogP contribution in [0.2, 0.25) is 0 Å². The van der Waals surface area contributed by atoms with Crippen LogP contribution in [0.15, 0.2) is 0 Å². The molecule has 0 aromatic rings. The van der Waals surface area contributed by atoms with Crippen LogP contribution in [0.1, 0.15) is 45.4 Å². The number of rotatable bonds is 8. The highest BCUT2D eigenvalue weighted by molar-refractivity contribution is 4.69. The lowest BCUT2D eigenvalue weighted by Gasteiger charge is -2.25.